The Morgan fingerprint density at radius 2 is 2.05 bits per heavy atom. The van der Waals surface area contributed by atoms with E-state index in [1.165, 1.54) is 11.8 Å². The monoisotopic (exact) mass is 274 g/mol. The van der Waals surface area contributed by atoms with E-state index in [0.29, 0.717) is 21.9 Å². The summed E-state index contributed by atoms with van der Waals surface area (Å²) < 4.78 is 4.94. The first-order valence-electron chi connectivity index (χ1n) is 5.50. The number of H-pyrrole nitrogens is 1. The van der Waals surface area contributed by atoms with E-state index in [4.69, 9.17) is 10.2 Å². The average molecular weight is 274 g/mol. The summed E-state index contributed by atoms with van der Waals surface area (Å²) in [5.41, 5.74) is 8.48. The molecule has 0 atom stereocenters. The summed E-state index contributed by atoms with van der Waals surface area (Å²) in [5, 5.41) is 0.600. The van der Waals surface area contributed by atoms with E-state index in [0.717, 1.165) is 10.5 Å². The average Bonchev–Trinajstić information content (AvgIpc) is 2.72. The number of hydrogen-bond donors (Lipinski definition) is 2. The van der Waals surface area contributed by atoms with E-state index in [1.807, 2.05) is 6.92 Å². The maximum atomic E-state index is 11.1. The van der Waals surface area contributed by atoms with Gasteiger partial charge < -0.3 is 10.2 Å². The van der Waals surface area contributed by atoms with E-state index in [9.17, 15) is 4.79 Å². The molecule has 6 nitrogen and oxygen atoms in total. The SMILES string of the molecule is Cc1cnc(Sc2cc3[nH]c(=O)oc3cc2N)nc1. The Labute approximate surface area is 112 Å². The van der Waals surface area contributed by atoms with Gasteiger partial charge in [-0.05, 0) is 30.3 Å². The topological polar surface area (TPSA) is 97.8 Å². The van der Waals surface area contributed by atoms with Crippen molar-refractivity contribution in [3.63, 3.8) is 0 Å². The third-order valence-electron chi connectivity index (χ3n) is 2.51. The Balaban J connectivity index is 2.02. The fourth-order valence-electron chi connectivity index (χ4n) is 1.61. The van der Waals surface area contributed by atoms with Crippen LogP contribution in [0.25, 0.3) is 11.1 Å². The molecule has 0 fully saturated rings. The molecule has 3 rings (SSSR count). The molecule has 0 aliphatic rings. The number of fused-ring (bicyclic) bond motifs is 1. The number of hydrogen-bond acceptors (Lipinski definition) is 6. The zero-order valence-electron chi connectivity index (χ0n) is 10.0. The fraction of sp³-hybridized carbons (Fsp3) is 0.0833. The van der Waals surface area contributed by atoms with Gasteiger partial charge in [0.15, 0.2) is 10.7 Å². The largest absolute Gasteiger partial charge is 0.417 e. The molecule has 2 heterocycles. The third-order valence-corrected chi connectivity index (χ3v) is 3.48. The number of nitrogen functional groups attached to an aromatic ring is 1. The van der Waals surface area contributed by atoms with E-state index in [-0.39, 0.29) is 0 Å². The van der Waals surface area contributed by atoms with E-state index >= 15 is 0 Å². The maximum Gasteiger partial charge on any atom is 0.417 e. The van der Waals surface area contributed by atoms with Crippen molar-refractivity contribution in [1.29, 1.82) is 0 Å². The van der Waals surface area contributed by atoms with Crippen molar-refractivity contribution < 1.29 is 4.42 Å². The number of nitrogens with one attached hydrogen (secondary N) is 1. The van der Waals surface area contributed by atoms with Crippen molar-refractivity contribution in [2.45, 2.75) is 17.0 Å². The quantitative estimate of drug-likeness (QED) is 0.547. The minimum Gasteiger partial charge on any atom is -0.408 e. The maximum absolute atomic E-state index is 11.1. The number of rotatable bonds is 2. The molecular weight excluding hydrogens is 264 g/mol. The third kappa shape index (κ3) is 2.32. The number of oxazole rings is 1. The van der Waals surface area contributed by atoms with Crippen molar-refractivity contribution in [2.75, 3.05) is 5.73 Å². The van der Waals surface area contributed by atoms with Gasteiger partial charge in [0, 0.05) is 29.0 Å². The standard InChI is InChI=1S/C12H10N4O2S/c1-6-4-14-11(15-5-6)19-10-3-8-9(2-7(10)13)18-12(17)16-8/h2-5H,13H2,1H3,(H,16,17). The van der Waals surface area contributed by atoms with Crippen molar-refractivity contribution in [2.24, 2.45) is 0 Å². The number of aromatic amines is 1. The molecule has 3 aromatic rings. The summed E-state index contributed by atoms with van der Waals surface area (Å²) in [4.78, 5) is 22.9. The fourth-order valence-corrected chi connectivity index (χ4v) is 2.37. The van der Waals surface area contributed by atoms with Crippen molar-refractivity contribution in [3.8, 4) is 0 Å². The normalized spacial score (nSPS) is 11.0. The lowest BCUT2D eigenvalue weighted by Crippen LogP contribution is -1.93. The predicted octanol–water partition coefficient (Wildman–Crippen LogP) is 1.95. The molecular formula is C12H10N4O2S. The molecule has 96 valence electrons. The smallest absolute Gasteiger partial charge is 0.408 e. The Bertz CT molecular complexity index is 792. The van der Waals surface area contributed by atoms with Crippen LogP contribution in [0.4, 0.5) is 5.69 Å². The molecule has 0 aliphatic carbocycles. The van der Waals surface area contributed by atoms with Crippen LogP contribution in [0.15, 0.2) is 43.8 Å². The first-order chi connectivity index (χ1) is 9.11. The number of anilines is 1. The van der Waals surface area contributed by atoms with Gasteiger partial charge in [-0.3, -0.25) is 4.98 Å². The minimum absolute atomic E-state index is 0.441. The Kier molecular flexibility index (Phi) is 2.75. The van der Waals surface area contributed by atoms with Gasteiger partial charge in [0.05, 0.1) is 5.52 Å². The summed E-state index contributed by atoms with van der Waals surface area (Å²) in [6.45, 7) is 1.92. The lowest BCUT2D eigenvalue weighted by atomic mass is 10.3. The van der Waals surface area contributed by atoms with Crippen molar-refractivity contribution >= 4 is 28.5 Å². The van der Waals surface area contributed by atoms with Gasteiger partial charge in [-0.1, -0.05) is 0 Å². The van der Waals surface area contributed by atoms with E-state index in [1.54, 1.807) is 24.5 Å². The highest BCUT2D eigenvalue weighted by atomic mass is 32.2. The van der Waals surface area contributed by atoms with E-state index < -0.39 is 5.76 Å². The van der Waals surface area contributed by atoms with Crippen LogP contribution >= 0.6 is 11.8 Å². The van der Waals surface area contributed by atoms with Crippen LogP contribution in [0, 0.1) is 6.92 Å². The number of benzene rings is 1. The number of aryl methyl sites for hydroxylation is 1. The Morgan fingerprint density at radius 3 is 2.79 bits per heavy atom. The number of nitrogens with two attached hydrogens (primary N) is 1. The summed E-state index contributed by atoms with van der Waals surface area (Å²) in [6.07, 6.45) is 3.48. The van der Waals surface area contributed by atoms with E-state index in [2.05, 4.69) is 15.0 Å². The summed E-state index contributed by atoms with van der Waals surface area (Å²) in [7, 11) is 0. The second-order valence-corrected chi connectivity index (χ2v) is 5.05. The van der Waals surface area contributed by atoms with Crippen LogP contribution in [0.5, 0.6) is 0 Å². The highest BCUT2D eigenvalue weighted by Gasteiger charge is 2.09. The predicted molar refractivity (Wildman–Crippen MR) is 72.1 cm³/mol. The molecule has 3 N–H and O–H groups in total. The molecule has 0 spiro atoms. The summed E-state index contributed by atoms with van der Waals surface area (Å²) in [5.74, 6) is -0.497. The van der Waals surface area contributed by atoms with Gasteiger partial charge in [-0.25, -0.2) is 14.8 Å². The zero-order chi connectivity index (χ0) is 13.4. The minimum atomic E-state index is -0.497. The van der Waals surface area contributed by atoms with Crippen LogP contribution in [0.1, 0.15) is 5.56 Å². The molecule has 0 saturated carbocycles. The van der Waals surface area contributed by atoms with Gasteiger partial charge in [-0.15, -0.1) is 0 Å². The zero-order valence-corrected chi connectivity index (χ0v) is 10.8. The molecule has 0 saturated heterocycles. The highest BCUT2D eigenvalue weighted by molar-refractivity contribution is 7.99. The first kappa shape index (κ1) is 11.8. The molecule has 2 aromatic heterocycles. The molecule has 1 aromatic carbocycles. The van der Waals surface area contributed by atoms with Gasteiger partial charge in [0.2, 0.25) is 0 Å². The van der Waals surface area contributed by atoms with Crippen LogP contribution in [0.2, 0.25) is 0 Å². The lowest BCUT2D eigenvalue weighted by molar-refractivity contribution is 0.555. The van der Waals surface area contributed by atoms with Gasteiger partial charge in [0.1, 0.15) is 0 Å². The summed E-state index contributed by atoms with van der Waals surface area (Å²) in [6, 6.07) is 3.37. The van der Waals surface area contributed by atoms with Crippen LogP contribution in [-0.4, -0.2) is 15.0 Å². The highest BCUT2D eigenvalue weighted by Crippen LogP contribution is 2.32. The second kappa shape index (κ2) is 4.43. The number of aromatic nitrogens is 3. The van der Waals surface area contributed by atoms with Crippen LogP contribution in [-0.2, 0) is 0 Å². The Hall–Kier alpha value is -2.28. The van der Waals surface area contributed by atoms with Crippen molar-refractivity contribution in [3.05, 3.63) is 40.6 Å². The van der Waals surface area contributed by atoms with Crippen LogP contribution in [0.3, 0.4) is 0 Å². The summed E-state index contributed by atoms with van der Waals surface area (Å²) >= 11 is 1.34. The number of nitrogens with zero attached hydrogens (tertiary/aromatic N) is 2. The lowest BCUT2D eigenvalue weighted by Gasteiger charge is -2.03. The molecule has 7 heteroatoms. The molecule has 0 radical (unpaired) electrons. The molecule has 0 aliphatic heterocycles. The molecule has 0 amide bonds. The first-order valence-corrected chi connectivity index (χ1v) is 6.32. The molecule has 0 bridgehead atoms. The van der Waals surface area contributed by atoms with Gasteiger partial charge in [-0.2, -0.15) is 0 Å². The van der Waals surface area contributed by atoms with Crippen molar-refractivity contribution in [1.82, 2.24) is 15.0 Å². The van der Waals surface area contributed by atoms with Gasteiger partial charge in [0.25, 0.3) is 0 Å². The molecule has 19 heavy (non-hydrogen) atoms. The van der Waals surface area contributed by atoms with Crippen LogP contribution < -0.4 is 11.5 Å². The second-order valence-electron chi connectivity index (χ2n) is 4.05. The van der Waals surface area contributed by atoms with Gasteiger partial charge >= 0.3 is 5.76 Å². The Morgan fingerprint density at radius 1 is 1.32 bits per heavy atom. The molecule has 0 unspecified atom stereocenters.